The summed E-state index contributed by atoms with van der Waals surface area (Å²) in [5, 5.41) is 4.24. The molecule has 1 aromatic heterocycles. The van der Waals surface area contributed by atoms with Gasteiger partial charge >= 0.3 is 0 Å². The van der Waals surface area contributed by atoms with Crippen LogP contribution in [0.4, 0.5) is 5.13 Å². The number of nitrogens with one attached hydrogen (secondary N) is 1. The van der Waals surface area contributed by atoms with Crippen molar-refractivity contribution in [2.45, 2.75) is 40.0 Å². The van der Waals surface area contributed by atoms with Gasteiger partial charge in [0.1, 0.15) is 5.82 Å². The Labute approximate surface area is 107 Å². The first-order chi connectivity index (χ1) is 7.44. The molecule has 0 saturated heterocycles. The van der Waals surface area contributed by atoms with Crippen molar-refractivity contribution in [1.29, 1.82) is 0 Å². The van der Waals surface area contributed by atoms with E-state index in [0.717, 1.165) is 23.9 Å². The molecule has 16 heavy (non-hydrogen) atoms. The van der Waals surface area contributed by atoms with E-state index in [1.165, 1.54) is 11.5 Å². The van der Waals surface area contributed by atoms with Crippen LogP contribution in [0.2, 0.25) is 0 Å². The highest BCUT2D eigenvalue weighted by Crippen LogP contribution is 2.23. The van der Waals surface area contributed by atoms with E-state index in [2.05, 4.69) is 42.4 Å². The Balaban J connectivity index is 2.48. The van der Waals surface area contributed by atoms with E-state index >= 15 is 0 Å². The monoisotopic (exact) mass is 261 g/mol. The first kappa shape index (κ1) is 13.7. The molecule has 5 heteroatoms. The van der Waals surface area contributed by atoms with Gasteiger partial charge in [-0.2, -0.15) is 4.37 Å². The number of halogens is 1. The Morgan fingerprint density at radius 2 is 2.12 bits per heavy atom. The number of nitrogens with zero attached hydrogens (tertiary/aromatic N) is 2. The van der Waals surface area contributed by atoms with Gasteiger partial charge in [-0.3, -0.25) is 0 Å². The molecule has 1 N–H and O–H groups in total. The normalized spacial score (nSPS) is 12.1. The standard InChI is InChI=1S/C11H20ClN3S/c1-8(2)9-14-10(16-15-9)13-7-11(3,4)5-6-12/h8H,5-7H2,1-4H3,(H,13,14,15). The van der Waals surface area contributed by atoms with Crippen molar-refractivity contribution in [2.75, 3.05) is 17.7 Å². The van der Waals surface area contributed by atoms with Gasteiger partial charge in [0.25, 0.3) is 0 Å². The minimum absolute atomic E-state index is 0.200. The van der Waals surface area contributed by atoms with Gasteiger partial charge in [-0.1, -0.05) is 27.7 Å². The van der Waals surface area contributed by atoms with Crippen molar-refractivity contribution in [3.05, 3.63) is 5.82 Å². The molecule has 0 aromatic carbocycles. The van der Waals surface area contributed by atoms with Crippen LogP contribution in [0.3, 0.4) is 0 Å². The predicted molar refractivity (Wildman–Crippen MR) is 71.6 cm³/mol. The van der Waals surface area contributed by atoms with Crippen molar-refractivity contribution in [1.82, 2.24) is 9.36 Å². The van der Waals surface area contributed by atoms with Crippen LogP contribution in [0.1, 0.15) is 45.9 Å². The zero-order valence-electron chi connectivity index (χ0n) is 10.4. The van der Waals surface area contributed by atoms with Gasteiger partial charge in [-0.15, -0.1) is 11.6 Å². The van der Waals surface area contributed by atoms with Gasteiger partial charge in [0.15, 0.2) is 0 Å². The largest absolute Gasteiger partial charge is 0.360 e. The summed E-state index contributed by atoms with van der Waals surface area (Å²) in [6.45, 7) is 9.48. The van der Waals surface area contributed by atoms with Crippen molar-refractivity contribution in [2.24, 2.45) is 5.41 Å². The van der Waals surface area contributed by atoms with Crippen molar-refractivity contribution < 1.29 is 0 Å². The number of hydrogen-bond acceptors (Lipinski definition) is 4. The quantitative estimate of drug-likeness (QED) is 0.793. The maximum absolute atomic E-state index is 5.76. The molecule has 1 rings (SSSR count). The molecule has 0 atom stereocenters. The minimum atomic E-state index is 0.200. The second-order valence-electron chi connectivity index (χ2n) is 5.07. The molecule has 92 valence electrons. The summed E-state index contributed by atoms with van der Waals surface area (Å²) in [4.78, 5) is 4.44. The smallest absolute Gasteiger partial charge is 0.202 e. The van der Waals surface area contributed by atoms with Gasteiger partial charge in [0.2, 0.25) is 5.13 Å². The lowest BCUT2D eigenvalue weighted by molar-refractivity contribution is 0.379. The maximum Gasteiger partial charge on any atom is 0.202 e. The fourth-order valence-electron chi connectivity index (χ4n) is 1.20. The molecule has 0 aliphatic heterocycles. The van der Waals surface area contributed by atoms with Gasteiger partial charge in [-0.05, 0) is 11.8 Å². The van der Waals surface area contributed by atoms with E-state index in [1.54, 1.807) is 0 Å². The van der Waals surface area contributed by atoms with Gasteiger partial charge < -0.3 is 5.32 Å². The molecular formula is C11H20ClN3S. The summed E-state index contributed by atoms with van der Waals surface area (Å²) in [6, 6.07) is 0. The minimum Gasteiger partial charge on any atom is -0.360 e. The molecule has 0 fully saturated rings. The molecule has 0 radical (unpaired) electrons. The zero-order valence-corrected chi connectivity index (χ0v) is 12.0. The summed E-state index contributed by atoms with van der Waals surface area (Å²) in [5.74, 6) is 2.01. The predicted octanol–water partition coefficient (Wildman–Crippen LogP) is 3.73. The third-order valence-corrected chi connectivity index (χ3v) is 3.32. The van der Waals surface area contributed by atoms with Crippen LogP contribution < -0.4 is 5.32 Å². The number of hydrogen-bond donors (Lipinski definition) is 1. The van der Waals surface area contributed by atoms with Crippen LogP contribution >= 0.6 is 23.1 Å². The van der Waals surface area contributed by atoms with Crippen molar-refractivity contribution >= 4 is 28.3 Å². The van der Waals surface area contributed by atoms with E-state index in [4.69, 9.17) is 11.6 Å². The molecule has 1 aromatic rings. The Morgan fingerprint density at radius 3 is 2.62 bits per heavy atom. The summed E-state index contributed by atoms with van der Waals surface area (Å²) in [7, 11) is 0. The van der Waals surface area contributed by atoms with Gasteiger partial charge in [0, 0.05) is 29.9 Å². The van der Waals surface area contributed by atoms with Crippen LogP contribution in [0, 0.1) is 5.41 Å². The summed E-state index contributed by atoms with van der Waals surface area (Å²) in [6.07, 6.45) is 0.997. The highest BCUT2D eigenvalue weighted by molar-refractivity contribution is 7.09. The molecule has 3 nitrogen and oxygen atoms in total. The zero-order chi connectivity index (χ0) is 12.2. The van der Waals surface area contributed by atoms with Crippen LogP contribution in [-0.2, 0) is 0 Å². The second kappa shape index (κ2) is 5.82. The number of rotatable bonds is 6. The van der Waals surface area contributed by atoms with E-state index < -0.39 is 0 Å². The third kappa shape index (κ3) is 4.26. The topological polar surface area (TPSA) is 37.8 Å². The summed E-state index contributed by atoms with van der Waals surface area (Å²) >= 11 is 7.19. The Hall–Kier alpha value is -0.350. The average Bonchev–Trinajstić information content (AvgIpc) is 2.63. The van der Waals surface area contributed by atoms with Crippen LogP contribution in [-0.4, -0.2) is 21.8 Å². The maximum atomic E-state index is 5.76. The summed E-state index contributed by atoms with van der Waals surface area (Å²) < 4.78 is 4.30. The fraction of sp³-hybridized carbons (Fsp3) is 0.818. The highest BCUT2D eigenvalue weighted by atomic mass is 35.5. The fourth-order valence-corrected chi connectivity index (χ4v) is 2.41. The lowest BCUT2D eigenvalue weighted by Gasteiger charge is -2.23. The molecule has 0 spiro atoms. The number of aromatic nitrogens is 2. The molecule has 0 aliphatic rings. The van der Waals surface area contributed by atoms with Crippen LogP contribution in [0.25, 0.3) is 0 Å². The SMILES string of the molecule is CC(C)c1nsc(NCC(C)(C)CCCl)n1. The van der Waals surface area contributed by atoms with Gasteiger partial charge in [-0.25, -0.2) is 4.98 Å². The third-order valence-electron chi connectivity index (χ3n) is 2.45. The van der Waals surface area contributed by atoms with E-state index in [-0.39, 0.29) is 5.41 Å². The van der Waals surface area contributed by atoms with Gasteiger partial charge in [0.05, 0.1) is 0 Å². The molecule has 0 aliphatic carbocycles. The Kier molecular flexibility index (Phi) is 4.99. The summed E-state index contributed by atoms with van der Waals surface area (Å²) in [5.41, 5.74) is 0.200. The molecular weight excluding hydrogens is 242 g/mol. The molecule has 1 heterocycles. The number of anilines is 1. The lowest BCUT2D eigenvalue weighted by atomic mass is 9.90. The van der Waals surface area contributed by atoms with E-state index in [1.807, 2.05) is 0 Å². The first-order valence-corrected chi connectivity index (χ1v) is 6.89. The van der Waals surface area contributed by atoms with Crippen molar-refractivity contribution in [3.63, 3.8) is 0 Å². The second-order valence-corrected chi connectivity index (χ2v) is 6.20. The molecule has 0 amide bonds. The lowest BCUT2D eigenvalue weighted by Crippen LogP contribution is -2.23. The van der Waals surface area contributed by atoms with Crippen LogP contribution in [0.15, 0.2) is 0 Å². The molecule has 0 saturated carbocycles. The molecule has 0 unspecified atom stereocenters. The number of alkyl halides is 1. The van der Waals surface area contributed by atoms with E-state index in [9.17, 15) is 0 Å². The average molecular weight is 262 g/mol. The Bertz CT molecular complexity index is 323. The van der Waals surface area contributed by atoms with Crippen molar-refractivity contribution in [3.8, 4) is 0 Å². The first-order valence-electron chi connectivity index (χ1n) is 5.58. The molecule has 0 bridgehead atoms. The highest BCUT2D eigenvalue weighted by Gasteiger charge is 2.17. The van der Waals surface area contributed by atoms with Crippen LogP contribution in [0.5, 0.6) is 0 Å². The van der Waals surface area contributed by atoms with E-state index in [0.29, 0.717) is 11.8 Å². The Morgan fingerprint density at radius 1 is 1.44 bits per heavy atom.